The standard InChI is InChI=1S/C16H18N8O4/c17-13-10-14(20-7-19-13)24(15-12(27)11(26)9(6-25)28-15)16(22-10)23-21-5-8-2-1-3-18-4-8/h1-5,7,9,11-12,15,25-27H,6H2,(H,22,23)(H2,17,19,20)/b21-5+/t9-,11-,12-,15-/m0/s1. The Morgan fingerprint density at radius 2 is 2.18 bits per heavy atom. The molecule has 12 nitrogen and oxygen atoms in total. The minimum Gasteiger partial charge on any atom is -0.394 e. The number of fused-ring (bicyclic) bond motifs is 1. The highest BCUT2D eigenvalue weighted by Gasteiger charge is 2.45. The van der Waals surface area contributed by atoms with Gasteiger partial charge in [0, 0.05) is 18.0 Å². The van der Waals surface area contributed by atoms with Gasteiger partial charge in [0.25, 0.3) is 0 Å². The SMILES string of the molecule is Nc1ncnc2c1nc(N/N=C/c1cccnc1)n2[C@H]1O[C@@H](CO)[C@H](O)[C@@H]1O. The van der Waals surface area contributed by atoms with Crippen molar-refractivity contribution in [3.8, 4) is 0 Å². The molecule has 1 aliphatic heterocycles. The Morgan fingerprint density at radius 1 is 1.32 bits per heavy atom. The predicted molar refractivity (Wildman–Crippen MR) is 98.2 cm³/mol. The van der Waals surface area contributed by atoms with Gasteiger partial charge in [-0.3, -0.25) is 9.55 Å². The molecule has 28 heavy (non-hydrogen) atoms. The summed E-state index contributed by atoms with van der Waals surface area (Å²) in [5.41, 5.74) is 9.95. The topological polar surface area (TPSA) is 177 Å². The molecule has 1 aliphatic rings. The molecule has 6 N–H and O–H groups in total. The number of nitrogens with one attached hydrogen (secondary N) is 1. The summed E-state index contributed by atoms with van der Waals surface area (Å²) in [6.07, 6.45) is 1.43. The molecule has 0 amide bonds. The summed E-state index contributed by atoms with van der Waals surface area (Å²) in [6.45, 7) is -0.458. The van der Waals surface area contributed by atoms with Gasteiger partial charge in [0.15, 0.2) is 23.2 Å². The van der Waals surface area contributed by atoms with Gasteiger partial charge in [0.1, 0.15) is 24.6 Å². The van der Waals surface area contributed by atoms with E-state index in [0.717, 1.165) is 5.56 Å². The number of aliphatic hydroxyl groups is 3. The zero-order valence-corrected chi connectivity index (χ0v) is 14.5. The van der Waals surface area contributed by atoms with Crippen LogP contribution in [-0.2, 0) is 4.74 Å². The van der Waals surface area contributed by atoms with Crippen molar-refractivity contribution < 1.29 is 20.1 Å². The van der Waals surface area contributed by atoms with Crippen LogP contribution in [0.25, 0.3) is 11.2 Å². The molecule has 3 aromatic heterocycles. The lowest BCUT2D eigenvalue weighted by Crippen LogP contribution is -2.33. The fourth-order valence-electron chi connectivity index (χ4n) is 2.96. The molecule has 1 saturated heterocycles. The van der Waals surface area contributed by atoms with E-state index in [4.69, 9.17) is 10.5 Å². The first kappa shape index (κ1) is 18.2. The van der Waals surface area contributed by atoms with Crippen molar-refractivity contribution in [2.45, 2.75) is 24.5 Å². The van der Waals surface area contributed by atoms with Crippen LogP contribution in [0.4, 0.5) is 11.8 Å². The number of hydrogen-bond acceptors (Lipinski definition) is 11. The Hall–Kier alpha value is -3.19. The average molecular weight is 386 g/mol. The zero-order chi connectivity index (χ0) is 19.7. The molecule has 0 bridgehead atoms. The van der Waals surface area contributed by atoms with E-state index in [-0.39, 0.29) is 22.9 Å². The third kappa shape index (κ3) is 3.14. The van der Waals surface area contributed by atoms with Gasteiger partial charge < -0.3 is 25.8 Å². The minimum absolute atomic E-state index is 0.134. The second kappa shape index (κ2) is 7.44. The molecule has 4 rings (SSSR count). The third-order valence-electron chi connectivity index (χ3n) is 4.34. The summed E-state index contributed by atoms with van der Waals surface area (Å²) in [5.74, 6) is 0.298. The number of ether oxygens (including phenoxy) is 1. The van der Waals surface area contributed by atoms with Crippen LogP contribution < -0.4 is 11.2 Å². The van der Waals surface area contributed by atoms with Gasteiger partial charge >= 0.3 is 0 Å². The molecule has 146 valence electrons. The van der Waals surface area contributed by atoms with Gasteiger partial charge in [0.2, 0.25) is 5.95 Å². The first-order valence-corrected chi connectivity index (χ1v) is 8.40. The van der Waals surface area contributed by atoms with Crippen molar-refractivity contribution in [3.05, 3.63) is 36.4 Å². The predicted octanol–water partition coefficient (Wildman–Crippen LogP) is -1.14. The number of hydrogen-bond donors (Lipinski definition) is 5. The van der Waals surface area contributed by atoms with Crippen molar-refractivity contribution in [2.24, 2.45) is 5.10 Å². The van der Waals surface area contributed by atoms with E-state index in [9.17, 15) is 15.3 Å². The highest BCUT2D eigenvalue weighted by atomic mass is 16.6. The molecule has 4 atom stereocenters. The van der Waals surface area contributed by atoms with E-state index in [0.29, 0.717) is 0 Å². The molecule has 0 radical (unpaired) electrons. The van der Waals surface area contributed by atoms with Crippen molar-refractivity contribution >= 4 is 29.1 Å². The molecule has 0 aliphatic carbocycles. The maximum atomic E-state index is 10.4. The Balaban J connectivity index is 1.73. The number of imidazole rings is 1. The fraction of sp³-hybridized carbons (Fsp3) is 0.312. The Labute approximate surface area is 158 Å². The van der Waals surface area contributed by atoms with Crippen molar-refractivity contribution in [3.63, 3.8) is 0 Å². The van der Waals surface area contributed by atoms with Crippen LogP contribution >= 0.6 is 0 Å². The highest BCUT2D eigenvalue weighted by molar-refractivity contribution is 5.84. The van der Waals surface area contributed by atoms with Crippen LogP contribution in [0.2, 0.25) is 0 Å². The number of aliphatic hydroxyl groups excluding tert-OH is 3. The van der Waals surface area contributed by atoms with Gasteiger partial charge in [0.05, 0.1) is 12.8 Å². The summed E-state index contributed by atoms with van der Waals surface area (Å²) in [4.78, 5) is 16.4. The zero-order valence-electron chi connectivity index (χ0n) is 14.5. The van der Waals surface area contributed by atoms with Crippen LogP contribution in [0, 0.1) is 0 Å². The normalized spacial score (nSPS) is 25.0. The van der Waals surface area contributed by atoms with E-state index in [2.05, 4.69) is 30.5 Å². The molecule has 0 saturated carbocycles. The number of nitrogens with zero attached hydrogens (tertiary/aromatic N) is 6. The molecular formula is C16H18N8O4. The summed E-state index contributed by atoms with van der Waals surface area (Å²) >= 11 is 0. The highest BCUT2D eigenvalue weighted by Crippen LogP contribution is 2.35. The number of nitrogens with two attached hydrogens (primary N) is 1. The number of pyridine rings is 1. The van der Waals surface area contributed by atoms with Crippen LogP contribution in [0.1, 0.15) is 11.8 Å². The molecule has 3 aromatic rings. The van der Waals surface area contributed by atoms with Crippen molar-refractivity contribution in [1.82, 2.24) is 24.5 Å². The van der Waals surface area contributed by atoms with E-state index in [1.165, 1.54) is 17.1 Å². The molecule has 0 spiro atoms. The summed E-state index contributed by atoms with van der Waals surface area (Å²) < 4.78 is 7.02. The van der Waals surface area contributed by atoms with Crippen LogP contribution in [-0.4, -0.2) is 71.0 Å². The second-order valence-corrected chi connectivity index (χ2v) is 6.12. The van der Waals surface area contributed by atoms with Gasteiger partial charge in [-0.2, -0.15) is 5.10 Å². The number of rotatable bonds is 5. The Morgan fingerprint density at radius 3 is 2.89 bits per heavy atom. The van der Waals surface area contributed by atoms with Crippen LogP contribution in [0.5, 0.6) is 0 Å². The minimum atomic E-state index is -1.33. The average Bonchev–Trinajstić information content (AvgIpc) is 3.21. The molecule has 1 fully saturated rings. The summed E-state index contributed by atoms with van der Waals surface area (Å²) in [5, 5.41) is 34.0. The quantitative estimate of drug-likeness (QED) is 0.266. The van der Waals surface area contributed by atoms with Crippen molar-refractivity contribution in [2.75, 3.05) is 17.8 Å². The van der Waals surface area contributed by atoms with Crippen LogP contribution in [0.15, 0.2) is 36.0 Å². The van der Waals surface area contributed by atoms with Gasteiger partial charge in [-0.1, -0.05) is 6.07 Å². The lowest BCUT2D eigenvalue weighted by Gasteiger charge is -2.18. The third-order valence-corrected chi connectivity index (χ3v) is 4.34. The largest absolute Gasteiger partial charge is 0.394 e. The first-order valence-electron chi connectivity index (χ1n) is 8.40. The van der Waals surface area contributed by atoms with Crippen molar-refractivity contribution in [1.29, 1.82) is 0 Å². The number of nitrogen functional groups attached to an aromatic ring is 1. The molecule has 0 unspecified atom stereocenters. The van der Waals surface area contributed by atoms with E-state index >= 15 is 0 Å². The number of aromatic nitrogens is 5. The maximum Gasteiger partial charge on any atom is 0.228 e. The smallest absolute Gasteiger partial charge is 0.228 e. The monoisotopic (exact) mass is 386 g/mol. The molecule has 0 aromatic carbocycles. The van der Waals surface area contributed by atoms with E-state index in [1.54, 1.807) is 18.5 Å². The second-order valence-electron chi connectivity index (χ2n) is 6.12. The van der Waals surface area contributed by atoms with Crippen LogP contribution in [0.3, 0.4) is 0 Å². The fourth-order valence-corrected chi connectivity index (χ4v) is 2.96. The lowest BCUT2D eigenvalue weighted by atomic mass is 10.1. The molecular weight excluding hydrogens is 368 g/mol. The molecule has 12 heteroatoms. The molecule has 4 heterocycles. The Kier molecular flexibility index (Phi) is 4.83. The van der Waals surface area contributed by atoms with Gasteiger partial charge in [-0.15, -0.1) is 0 Å². The van der Waals surface area contributed by atoms with E-state index < -0.39 is 31.1 Å². The van der Waals surface area contributed by atoms with Gasteiger partial charge in [-0.05, 0) is 6.07 Å². The summed E-state index contributed by atoms with van der Waals surface area (Å²) in [6, 6.07) is 3.59. The summed E-state index contributed by atoms with van der Waals surface area (Å²) in [7, 11) is 0. The number of anilines is 2. The lowest BCUT2D eigenvalue weighted by molar-refractivity contribution is -0.0501. The maximum absolute atomic E-state index is 10.4. The first-order chi connectivity index (χ1) is 13.6. The number of hydrazone groups is 1. The van der Waals surface area contributed by atoms with E-state index in [1.807, 2.05) is 6.07 Å². The Bertz CT molecular complexity index is 995. The van der Waals surface area contributed by atoms with Gasteiger partial charge in [-0.25, -0.2) is 20.4 Å².